The van der Waals surface area contributed by atoms with Gasteiger partial charge in [0, 0.05) is 30.2 Å². The first kappa shape index (κ1) is 12.3. The Morgan fingerprint density at radius 2 is 2.27 bits per heavy atom. The van der Waals surface area contributed by atoms with Crippen LogP contribution < -0.4 is 4.74 Å². The van der Waals surface area contributed by atoms with Gasteiger partial charge in [-0.25, -0.2) is 0 Å². The SMILES string of the molecule is COc1cc(C)nc(CSCCCO)c1. The van der Waals surface area contributed by atoms with Gasteiger partial charge < -0.3 is 9.84 Å². The Hall–Kier alpha value is -0.740. The average molecular weight is 227 g/mol. The van der Waals surface area contributed by atoms with E-state index in [-0.39, 0.29) is 6.61 Å². The Balaban J connectivity index is 2.49. The summed E-state index contributed by atoms with van der Waals surface area (Å²) in [5.41, 5.74) is 2.02. The van der Waals surface area contributed by atoms with E-state index in [1.165, 1.54) is 0 Å². The monoisotopic (exact) mass is 227 g/mol. The molecule has 0 radical (unpaired) electrons. The van der Waals surface area contributed by atoms with Crippen LogP contribution in [0.15, 0.2) is 12.1 Å². The summed E-state index contributed by atoms with van der Waals surface area (Å²) in [4.78, 5) is 4.42. The quantitative estimate of drug-likeness (QED) is 0.755. The van der Waals surface area contributed by atoms with Crippen molar-refractivity contribution in [3.05, 3.63) is 23.5 Å². The van der Waals surface area contributed by atoms with Crippen LogP contribution in [0.4, 0.5) is 0 Å². The number of methoxy groups -OCH3 is 1. The standard InChI is InChI=1S/C11H17NO2S/c1-9-6-11(14-2)7-10(12-9)8-15-5-3-4-13/h6-7,13H,3-5,8H2,1-2H3. The zero-order chi connectivity index (χ0) is 11.1. The molecule has 1 N–H and O–H groups in total. The lowest BCUT2D eigenvalue weighted by Crippen LogP contribution is -1.94. The largest absolute Gasteiger partial charge is 0.497 e. The molecule has 0 atom stereocenters. The smallest absolute Gasteiger partial charge is 0.122 e. The average Bonchev–Trinajstić information content (AvgIpc) is 2.23. The number of pyridine rings is 1. The molecule has 0 bridgehead atoms. The third-order valence-corrected chi connectivity index (χ3v) is 2.99. The van der Waals surface area contributed by atoms with Gasteiger partial charge in [0.15, 0.2) is 0 Å². The molecule has 0 amide bonds. The van der Waals surface area contributed by atoms with Crippen molar-refractivity contribution in [3.63, 3.8) is 0 Å². The van der Waals surface area contributed by atoms with Crippen molar-refractivity contribution in [2.75, 3.05) is 19.5 Å². The zero-order valence-corrected chi connectivity index (χ0v) is 10.0. The van der Waals surface area contributed by atoms with Crippen molar-refractivity contribution in [2.24, 2.45) is 0 Å². The molecule has 1 heterocycles. The van der Waals surface area contributed by atoms with Crippen molar-refractivity contribution < 1.29 is 9.84 Å². The Bertz CT molecular complexity index is 305. The molecule has 0 fully saturated rings. The number of rotatable bonds is 6. The second kappa shape index (κ2) is 6.69. The van der Waals surface area contributed by atoms with Gasteiger partial charge in [0.1, 0.15) is 5.75 Å². The van der Waals surface area contributed by atoms with E-state index in [2.05, 4.69) is 4.98 Å². The van der Waals surface area contributed by atoms with Crippen LogP contribution in [0.2, 0.25) is 0 Å². The van der Waals surface area contributed by atoms with Gasteiger partial charge in [0.2, 0.25) is 0 Å². The maximum absolute atomic E-state index is 8.64. The van der Waals surface area contributed by atoms with Crippen LogP contribution in [0.5, 0.6) is 5.75 Å². The molecule has 0 aromatic carbocycles. The van der Waals surface area contributed by atoms with Crippen LogP contribution in [0, 0.1) is 6.92 Å². The van der Waals surface area contributed by atoms with Crippen molar-refractivity contribution in [2.45, 2.75) is 19.1 Å². The Kier molecular flexibility index (Phi) is 5.50. The minimum atomic E-state index is 0.261. The van der Waals surface area contributed by atoms with Crippen LogP contribution >= 0.6 is 11.8 Å². The molecule has 1 aromatic rings. The molecule has 0 saturated carbocycles. The number of aromatic nitrogens is 1. The fourth-order valence-corrected chi connectivity index (χ4v) is 2.07. The van der Waals surface area contributed by atoms with Crippen molar-refractivity contribution in [1.82, 2.24) is 4.98 Å². The molecule has 0 saturated heterocycles. The first-order valence-corrected chi connectivity index (χ1v) is 6.12. The summed E-state index contributed by atoms with van der Waals surface area (Å²) in [5, 5.41) is 8.64. The third-order valence-electron chi connectivity index (χ3n) is 1.91. The molecule has 0 unspecified atom stereocenters. The molecular formula is C11H17NO2S. The number of aryl methyl sites for hydroxylation is 1. The molecule has 0 aliphatic carbocycles. The zero-order valence-electron chi connectivity index (χ0n) is 9.19. The molecule has 15 heavy (non-hydrogen) atoms. The first-order chi connectivity index (χ1) is 7.26. The fraction of sp³-hybridized carbons (Fsp3) is 0.545. The molecule has 0 spiro atoms. The number of aliphatic hydroxyl groups excluding tert-OH is 1. The van der Waals surface area contributed by atoms with E-state index in [9.17, 15) is 0 Å². The fourth-order valence-electron chi connectivity index (χ4n) is 1.24. The highest BCUT2D eigenvalue weighted by atomic mass is 32.2. The molecule has 3 nitrogen and oxygen atoms in total. The summed E-state index contributed by atoms with van der Waals surface area (Å²) < 4.78 is 5.17. The highest BCUT2D eigenvalue weighted by Gasteiger charge is 2.00. The minimum absolute atomic E-state index is 0.261. The van der Waals surface area contributed by atoms with Gasteiger partial charge in [-0.15, -0.1) is 0 Å². The van der Waals surface area contributed by atoms with Gasteiger partial charge in [0.05, 0.1) is 12.8 Å². The van der Waals surface area contributed by atoms with Crippen LogP contribution in [0.25, 0.3) is 0 Å². The lowest BCUT2D eigenvalue weighted by molar-refractivity contribution is 0.296. The third kappa shape index (κ3) is 4.53. The van der Waals surface area contributed by atoms with E-state index in [1.54, 1.807) is 18.9 Å². The molecule has 84 valence electrons. The summed E-state index contributed by atoms with van der Waals surface area (Å²) >= 11 is 1.78. The number of hydrogen-bond acceptors (Lipinski definition) is 4. The Morgan fingerprint density at radius 1 is 1.47 bits per heavy atom. The topological polar surface area (TPSA) is 42.4 Å². The molecule has 0 aliphatic heterocycles. The lowest BCUT2D eigenvalue weighted by Gasteiger charge is -2.05. The number of aliphatic hydroxyl groups is 1. The van der Waals surface area contributed by atoms with E-state index in [0.717, 1.165) is 35.1 Å². The minimum Gasteiger partial charge on any atom is -0.497 e. The second-order valence-corrected chi connectivity index (χ2v) is 4.37. The molecule has 1 aromatic heterocycles. The van der Waals surface area contributed by atoms with Crippen molar-refractivity contribution in [1.29, 1.82) is 0 Å². The predicted molar refractivity (Wildman–Crippen MR) is 63.4 cm³/mol. The van der Waals surface area contributed by atoms with Gasteiger partial charge in [-0.2, -0.15) is 11.8 Å². The Morgan fingerprint density at radius 3 is 2.93 bits per heavy atom. The Labute approximate surface area is 94.9 Å². The molecule has 0 aliphatic rings. The van der Waals surface area contributed by atoms with Crippen LogP contribution in [-0.2, 0) is 5.75 Å². The molecule has 1 rings (SSSR count). The van der Waals surface area contributed by atoms with Gasteiger partial charge in [-0.3, -0.25) is 4.98 Å². The van der Waals surface area contributed by atoms with E-state index < -0.39 is 0 Å². The second-order valence-electron chi connectivity index (χ2n) is 3.27. The van der Waals surface area contributed by atoms with Crippen LogP contribution in [0.1, 0.15) is 17.8 Å². The molecular weight excluding hydrogens is 210 g/mol. The van der Waals surface area contributed by atoms with Crippen LogP contribution in [-0.4, -0.2) is 29.6 Å². The summed E-state index contributed by atoms with van der Waals surface area (Å²) in [5.74, 6) is 2.70. The predicted octanol–water partition coefficient (Wildman–Crippen LogP) is 2.01. The summed E-state index contributed by atoms with van der Waals surface area (Å²) in [7, 11) is 1.66. The number of nitrogens with zero attached hydrogens (tertiary/aromatic N) is 1. The van der Waals surface area contributed by atoms with Crippen molar-refractivity contribution in [3.8, 4) is 5.75 Å². The van der Waals surface area contributed by atoms with Crippen molar-refractivity contribution >= 4 is 11.8 Å². The first-order valence-electron chi connectivity index (χ1n) is 4.96. The highest BCUT2D eigenvalue weighted by Crippen LogP contribution is 2.17. The van der Waals surface area contributed by atoms with Gasteiger partial charge in [-0.1, -0.05) is 0 Å². The summed E-state index contributed by atoms with van der Waals surface area (Å²) in [6.45, 7) is 2.22. The van der Waals surface area contributed by atoms with E-state index in [0.29, 0.717) is 0 Å². The molecule has 4 heteroatoms. The lowest BCUT2D eigenvalue weighted by atomic mass is 10.3. The summed E-state index contributed by atoms with van der Waals surface area (Å²) in [6.07, 6.45) is 0.841. The van der Waals surface area contributed by atoms with E-state index in [1.807, 2.05) is 19.1 Å². The van der Waals surface area contributed by atoms with Gasteiger partial charge >= 0.3 is 0 Å². The highest BCUT2D eigenvalue weighted by molar-refractivity contribution is 7.98. The van der Waals surface area contributed by atoms with Gasteiger partial charge in [0.25, 0.3) is 0 Å². The van der Waals surface area contributed by atoms with Gasteiger partial charge in [-0.05, 0) is 19.1 Å². The number of thioether (sulfide) groups is 1. The van der Waals surface area contributed by atoms with Crippen LogP contribution in [0.3, 0.4) is 0 Å². The number of hydrogen-bond donors (Lipinski definition) is 1. The maximum atomic E-state index is 8.64. The summed E-state index contributed by atoms with van der Waals surface area (Å²) in [6, 6.07) is 3.88. The van der Waals surface area contributed by atoms with E-state index >= 15 is 0 Å². The van der Waals surface area contributed by atoms with E-state index in [4.69, 9.17) is 9.84 Å². The maximum Gasteiger partial charge on any atom is 0.122 e. The normalized spacial score (nSPS) is 10.3. The number of ether oxygens (including phenoxy) is 1.